The van der Waals surface area contributed by atoms with Crippen LogP contribution in [0.4, 0.5) is 5.69 Å². The molecule has 0 spiro atoms. The first-order valence-corrected chi connectivity index (χ1v) is 5.02. The molecule has 0 fully saturated rings. The zero-order valence-electron chi connectivity index (χ0n) is 9.20. The number of rotatable bonds is 3. The summed E-state index contributed by atoms with van der Waals surface area (Å²) in [5.41, 5.74) is 1.92. The van der Waals surface area contributed by atoms with Gasteiger partial charge in [0.25, 0.3) is 5.69 Å². The van der Waals surface area contributed by atoms with E-state index in [4.69, 9.17) is 0 Å². The normalized spacial score (nSPS) is 10.5. The number of hydrogen-bond donors (Lipinski definition) is 1. The van der Waals surface area contributed by atoms with Gasteiger partial charge in [-0.25, -0.2) is 4.68 Å². The van der Waals surface area contributed by atoms with E-state index in [2.05, 4.69) is 5.10 Å². The van der Waals surface area contributed by atoms with Gasteiger partial charge in [-0.3, -0.25) is 10.1 Å². The van der Waals surface area contributed by atoms with E-state index in [9.17, 15) is 15.2 Å². The second kappa shape index (κ2) is 4.34. The van der Waals surface area contributed by atoms with Gasteiger partial charge in [0, 0.05) is 23.9 Å². The van der Waals surface area contributed by atoms with Crippen molar-refractivity contribution in [3.8, 4) is 5.69 Å². The Morgan fingerprint density at radius 3 is 2.76 bits per heavy atom. The summed E-state index contributed by atoms with van der Waals surface area (Å²) in [7, 11) is 0. The SMILES string of the molecule is Cc1ccn(-c2ccc([N+](=O)[O-])cc2CO)n1. The van der Waals surface area contributed by atoms with Crippen LogP contribution >= 0.6 is 0 Å². The molecule has 2 rings (SSSR count). The molecule has 0 saturated heterocycles. The van der Waals surface area contributed by atoms with E-state index in [0.717, 1.165) is 5.69 Å². The highest BCUT2D eigenvalue weighted by Crippen LogP contribution is 2.21. The molecule has 0 amide bonds. The molecule has 0 atom stereocenters. The lowest BCUT2D eigenvalue weighted by Gasteiger charge is -2.06. The van der Waals surface area contributed by atoms with Crippen molar-refractivity contribution in [1.82, 2.24) is 9.78 Å². The van der Waals surface area contributed by atoms with Gasteiger partial charge in [0.2, 0.25) is 0 Å². The summed E-state index contributed by atoms with van der Waals surface area (Å²) >= 11 is 0. The van der Waals surface area contributed by atoms with Gasteiger partial charge in [0.1, 0.15) is 0 Å². The Balaban J connectivity index is 2.51. The Hall–Kier alpha value is -2.21. The van der Waals surface area contributed by atoms with Crippen LogP contribution < -0.4 is 0 Å². The predicted octanol–water partition coefficient (Wildman–Crippen LogP) is 1.58. The summed E-state index contributed by atoms with van der Waals surface area (Å²) in [6.45, 7) is 1.58. The first kappa shape index (κ1) is 11.3. The largest absolute Gasteiger partial charge is 0.392 e. The lowest BCUT2D eigenvalue weighted by atomic mass is 10.1. The fourth-order valence-corrected chi connectivity index (χ4v) is 1.58. The molecule has 0 aliphatic rings. The van der Waals surface area contributed by atoms with E-state index >= 15 is 0 Å². The molecule has 6 nitrogen and oxygen atoms in total. The molecular weight excluding hydrogens is 222 g/mol. The molecule has 0 aliphatic carbocycles. The molecule has 1 N–H and O–H groups in total. The van der Waals surface area contributed by atoms with Gasteiger partial charge in [-0.05, 0) is 19.1 Å². The highest BCUT2D eigenvalue weighted by atomic mass is 16.6. The molecule has 0 bridgehead atoms. The molecule has 88 valence electrons. The maximum absolute atomic E-state index is 10.6. The number of nitro benzene ring substituents is 1. The standard InChI is InChI=1S/C11H11N3O3/c1-8-4-5-13(12-8)11-3-2-10(14(16)17)6-9(11)7-15/h2-6,15H,7H2,1H3. The highest BCUT2D eigenvalue weighted by Gasteiger charge is 2.11. The van der Waals surface area contributed by atoms with Gasteiger partial charge >= 0.3 is 0 Å². The Morgan fingerprint density at radius 2 is 2.24 bits per heavy atom. The number of aryl methyl sites for hydroxylation is 1. The maximum Gasteiger partial charge on any atom is 0.269 e. The lowest BCUT2D eigenvalue weighted by Crippen LogP contribution is -2.02. The van der Waals surface area contributed by atoms with Gasteiger partial charge in [0.15, 0.2) is 0 Å². The van der Waals surface area contributed by atoms with Crippen molar-refractivity contribution in [2.45, 2.75) is 13.5 Å². The number of aliphatic hydroxyl groups is 1. The van der Waals surface area contributed by atoms with Crippen molar-refractivity contribution in [2.75, 3.05) is 0 Å². The van der Waals surface area contributed by atoms with Crippen molar-refractivity contribution < 1.29 is 10.0 Å². The monoisotopic (exact) mass is 233 g/mol. The molecule has 1 aromatic carbocycles. The molecule has 1 aromatic heterocycles. The Labute approximate surface area is 97.3 Å². The molecular formula is C11H11N3O3. The summed E-state index contributed by atoms with van der Waals surface area (Å²) in [5, 5.41) is 24.1. The van der Waals surface area contributed by atoms with Crippen LogP contribution in [0.1, 0.15) is 11.3 Å². The molecule has 0 aliphatic heterocycles. The number of aromatic nitrogens is 2. The highest BCUT2D eigenvalue weighted by molar-refractivity contribution is 5.47. The molecule has 2 aromatic rings. The minimum absolute atomic E-state index is 0.0401. The molecule has 0 unspecified atom stereocenters. The number of non-ortho nitro benzene ring substituents is 1. The van der Waals surface area contributed by atoms with Gasteiger partial charge in [-0.1, -0.05) is 0 Å². The molecule has 6 heteroatoms. The van der Waals surface area contributed by atoms with E-state index in [0.29, 0.717) is 11.3 Å². The molecule has 17 heavy (non-hydrogen) atoms. The van der Waals surface area contributed by atoms with Crippen LogP contribution in [0.5, 0.6) is 0 Å². The van der Waals surface area contributed by atoms with Crippen LogP contribution in [0, 0.1) is 17.0 Å². The summed E-state index contributed by atoms with van der Waals surface area (Å²) < 4.78 is 1.59. The van der Waals surface area contributed by atoms with Crippen molar-refractivity contribution >= 4 is 5.69 Å². The number of nitro groups is 1. The van der Waals surface area contributed by atoms with Crippen LogP contribution in [0.25, 0.3) is 5.69 Å². The number of benzene rings is 1. The van der Waals surface area contributed by atoms with E-state index in [1.54, 1.807) is 16.9 Å². The quantitative estimate of drug-likeness (QED) is 0.644. The molecule has 1 heterocycles. The van der Waals surface area contributed by atoms with Crippen LogP contribution in [0.15, 0.2) is 30.5 Å². The third kappa shape index (κ3) is 2.16. The zero-order valence-corrected chi connectivity index (χ0v) is 9.20. The summed E-state index contributed by atoms with van der Waals surface area (Å²) in [6, 6.07) is 6.15. The van der Waals surface area contributed by atoms with E-state index in [1.807, 2.05) is 13.0 Å². The average Bonchev–Trinajstić information content (AvgIpc) is 2.74. The van der Waals surface area contributed by atoms with Gasteiger partial charge in [0.05, 0.1) is 22.9 Å². The lowest BCUT2D eigenvalue weighted by molar-refractivity contribution is -0.384. The van der Waals surface area contributed by atoms with Crippen molar-refractivity contribution in [1.29, 1.82) is 0 Å². The number of hydrogen-bond acceptors (Lipinski definition) is 4. The zero-order chi connectivity index (χ0) is 12.4. The Morgan fingerprint density at radius 1 is 1.47 bits per heavy atom. The first-order valence-electron chi connectivity index (χ1n) is 5.02. The topological polar surface area (TPSA) is 81.2 Å². The average molecular weight is 233 g/mol. The minimum atomic E-state index is -0.489. The van der Waals surface area contributed by atoms with E-state index < -0.39 is 4.92 Å². The second-order valence-corrected chi connectivity index (χ2v) is 3.63. The number of nitrogens with zero attached hydrogens (tertiary/aromatic N) is 3. The van der Waals surface area contributed by atoms with Crippen LogP contribution in [0.3, 0.4) is 0 Å². The Kier molecular flexibility index (Phi) is 2.88. The summed E-state index contributed by atoms with van der Waals surface area (Å²) in [4.78, 5) is 10.1. The smallest absolute Gasteiger partial charge is 0.269 e. The van der Waals surface area contributed by atoms with E-state index in [1.165, 1.54) is 12.1 Å². The molecule has 0 radical (unpaired) electrons. The van der Waals surface area contributed by atoms with Gasteiger partial charge < -0.3 is 5.11 Å². The fraction of sp³-hybridized carbons (Fsp3) is 0.182. The Bertz CT molecular complexity index is 563. The van der Waals surface area contributed by atoms with Crippen LogP contribution in [-0.2, 0) is 6.61 Å². The van der Waals surface area contributed by atoms with Gasteiger partial charge in [-0.15, -0.1) is 0 Å². The third-order valence-electron chi connectivity index (χ3n) is 2.41. The maximum atomic E-state index is 10.6. The van der Waals surface area contributed by atoms with Gasteiger partial charge in [-0.2, -0.15) is 5.10 Å². The number of aliphatic hydroxyl groups excluding tert-OH is 1. The second-order valence-electron chi connectivity index (χ2n) is 3.63. The third-order valence-corrected chi connectivity index (χ3v) is 2.41. The van der Waals surface area contributed by atoms with E-state index in [-0.39, 0.29) is 12.3 Å². The first-order chi connectivity index (χ1) is 8.11. The fourth-order valence-electron chi connectivity index (χ4n) is 1.58. The van der Waals surface area contributed by atoms with Crippen LogP contribution in [-0.4, -0.2) is 19.8 Å². The van der Waals surface area contributed by atoms with Crippen molar-refractivity contribution in [3.05, 3.63) is 51.8 Å². The van der Waals surface area contributed by atoms with Crippen molar-refractivity contribution in [3.63, 3.8) is 0 Å². The summed E-state index contributed by atoms with van der Waals surface area (Å²) in [5.74, 6) is 0. The molecule has 0 saturated carbocycles. The minimum Gasteiger partial charge on any atom is -0.392 e. The predicted molar refractivity (Wildman–Crippen MR) is 60.9 cm³/mol. The van der Waals surface area contributed by atoms with Crippen LogP contribution in [0.2, 0.25) is 0 Å². The summed E-state index contributed by atoms with van der Waals surface area (Å²) in [6.07, 6.45) is 1.75. The van der Waals surface area contributed by atoms with Crippen molar-refractivity contribution in [2.24, 2.45) is 0 Å².